The van der Waals surface area contributed by atoms with Crippen molar-refractivity contribution in [2.24, 2.45) is 23.2 Å². The molecule has 4 heteroatoms. The van der Waals surface area contributed by atoms with E-state index in [1.165, 1.54) is 19.3 Å². The number of carbonyl (C=O) groups is 2. The van der Waals surface area contributed by atoms with Gasteiger partial charge in [-0.3, -0.25) is 4.79 Å². The molecule has 0 aromatic heterocycles. The molecule has 1 amide bonds. The number of likely N-dealkylation sites (tertiary alicyclic amines) is 1. The fraction of sp³-hybridized carbons (Fsp3) is 0.800. The van der Waals surface area contributed by atoms with Gasteiger partial charge in [-0.2, -0.15) is 0 Å². The van der Waals surface area contributed by atoms with E-state index in [1.54, 1.807) is 6.92 Å². The van der Waals surface area contributed by atoms with Crippen molar-refractivity contribution in [1.29, 1.82) is 0 Å². The normalized spacial score (nSPS) is 33.3. The molecule has 0 radical (unpaired) electrons. The van der Waals surface area contributed by atoms with Crippen molar-refractivity contribution in [2.45, 2.75) is 66.2 Å². The molecule has 2 unspecified atom stereocenters. The van der Waals surface area contributed by atoms with Gasteiger partial charge in [-0.05, 0) is 56.8 Å². The number of hydrogen-bond acceptors (Lipinski definition) is 3. The average Bonchev–Trinajstić information content (AvgIpc) is 3.08. The van der Waals surface area contributed by atoms with Gasteiger partial charge >= 0.3 is 5.97 Å². The molecule has 0 bridgehead atoms. The molecule has 1 saturated carbocycles. The van der Waals surface area contributed by atoms with Gasteiger partial charge in [0.05, 0.1) is 16.7 Å². The van der Waals surface area contributed by atoms with E-state index in [-0.39, 0.29) is 23.9 Å². The molecule has 2 heterocycles. The minimum absolute atomic E-state index is 0.176. The molecule has 0 aromatic rings. The third-order valence-corrected chi connectivity index (χ3v) is 7.19. The van der Waals surface area contributed by atoms with Crippen LogP contribution in [0.3, 0.4) is 0 Å². The second-order valence-electron chi connectivity index (χ2n) is 8.22. The number of rotatable bonds is 4. The zero-order valence-corrected chi connectivity index (χ0v) is 15.6. The minimum atomic E-state index is -0.273. The van der Waals surface area contributed by atoms with Gasteiger partial charge in [0.2, 0.25) is 5.91 Å². The van der Waals surface area contributed by atoms with Crippen molar-refractivity contribution < 1.29 is 14.3 Å². The number of nitrogens with zero attached hydrogens (tertiary/aromatic N) is 1. The maximum atomic E-state index is 13.1. The zero-order valence-electron chi connectivity index (χ0n) is 15.6. The molecule has 0 aromatic carbocycles. The van der Waals surface area contributed by atoms with Gasteiger partial charge in [-0.25, -0.2) is 4.79 Å². The van der Waals surface area contributed by atoms with Crippen LogP contribution in [-0.4, -0.2) is 29.9 Å². The van der Waals surface area contributed by atoms with Crippen LogP contribution < -0.4 is 0 Å². The van der Waals surface area contributed by atoms with E-state index in [0.717, 1.165) is 49.3 Å². The Labute approximate surface area is 145 Å². The minimum Gasteiger partial charge on any atom is -0.456 e. The Balaban J connectivity index is 1.67. The molecule has 4 nitrogen and oxygen atoms in total. The Morgan fingerprint density at radius 2 is 1.88 bits per heavy atom. The van der Waals surface area contributed by atoms with E-state index in [9.17, 15) is 9.59 Å². The zero-order chi connectivity index (χ0) is 17.5. The summed E-state index contributed by atoms with van der Waals surface area (Å²) in [7, 11) is 0. The average molecular weight is 333 g/mol. The molecular weight excluding hydrogens is 302 g/mol. The van der Waals surface area contributed by atoms with Crippen LogP contribution in [0, 0.1) is 23.2 Å². The van der Waals surface area contributed by atoms with Crippen LogP contribution in [0.15, 0.2) is 11.3 Å². The topological polar surface area (TPSA) is 46.6 Å². The summed E-state index contributed by atoms with van der Waals surface area (Å²) in [6, 6.07) is 0. The third-order valence-electron chi connectivity index (χ3n) is 7.19. The number of ether oxygens (including phenoxy) is 1. The first-order valence-corrected chi connectivity index (χ1v) is 9.58. The fourth-order valence-corrected chi connectivity index (χ4v) is 4.85. The van der Waals surface area contributed by atoms with Gasteiger partial charge < -0.3 is 9.64 Å². The van der Waals surface area contributed by atoms with Crippen molar-refractivity contribution in [1.82, 2.24) is 4.90 Å². The molecule has 1 saturated heterocycles. The summed E-state index contributed by atoms with van der Waals surface area (Å²) >= 11 is 0. The maximum Gasteiger partial charge on any atom is 0.336 e. The molecule has 1 aliphatic carbocycles. The number of cyclic esters (lactones) is 1. The van der Waals surface area contributed by atoms with Gasteiger partial charge in [0, 0.05) is 6.54 Å². The lowest BCUT2D eigenvalue weighted by Crippen LogP contribution is -2.38. The van der Waals surface area contributed by atoms with E-state index in [2.05, 4.69) is 20.8 Å². The summed E-state index contributed by atoms with van der Waals surface area (Å²) in [5.41, 5.74) is 1.24. The van der Waals surface area contributed by atoms with E-state index in [1.807, 2.05) is 4.90 Å². The van der Waals surface area contributed by atoms with Crippen LogP contribution >= 0.6 is 0 Å². The van der Waals surface area contributed by atoms with Crippen LogP contribution in [0.1, 0.15) is 66.2 Å². The maximum absolute atomic E-state index is 13.1. The summed E-state index contributed by atoms with van der Waals surface area (Å²) in [4.78, 5) is 26.6. The Hall–Kier alpha value is -1.32. The van der Waals surface area contributed by atoms with Gasteiger partial charge in [-0.15, -0.1) is 0 Å². The van der Waals surface area contributed by atoms with Crippen molar-refractivity contribution in [3.8, 4) is 0 Å². The molecule has 1 spiro atoms. The molecule has 2 fully saturated rings. The van der Waals surface area contributed by atoms with E-state index in [0.29, 0.717) is 5.57 Å². The first kappa shape index (κ1) is 17.5. The number of carbonyl (C=O) groups excluding carboxylic acids is 2. The van der Waals surface area contributed by atoms with Gasteiger partial charge in [0.15, 0.2) is 0 Å². The van der Waals surface area contributed by atoms with Crippen molar-refractivity contribution in [2.75, 3.05) is 13.2 Å². The van der Waals surface area contributed by atoms with Crippen LogP contribution in [0.5, 0.6) is 0 Å². The number of esters is 1. The SMILES string of the molecule is CCC(C)C(C)C1CCC2(CC1)CCN(C1=C(C)C(=O)OC1)C2=O. The lowest BCUT2D eigenvalue weighted by Gasteiger charge is -2.39. The molecule has 3 rings (SSSR count). The highest BCUT2D eigenvalue weighted by Crippen LogP contribution is 2.50. The molecule has 134 valence electrons. The second-order valence-corrected chi connectivity index (χ2v) is 8.22. The monoisotopic (exact) mass is 333 g/mol. The van der Waals surface area contributed by atoms with Crippen molar-refractivity contribution in [3.63, 3.8) is 0 Å². The lowest BCUT2D eigenvalue weighted by atomic mass is 9.65. The molecule has 24 heavy (non-hydrogen) atoms. The first-order chi connectivity index (χ1) is 11.4. The van der Waals surface area contributed by atoms with Gasteiger partial charge in [0.1, 0.15) is 6.61 Å². The Morgan fingerprint density at radius 3 is 2.42 bits per heavy atom. The highest BCUT2D eigenvalue weighted by molar-refractivity contribution is 5.94. The van der Waals surface area contributed by atoms with E-state index >= 15 is 0 Å². The van der Waals surface area contributed by atoms with Crippen molar-refractivity contribution >= 4 is 11.9 Å². The summed E-state index contributed by atoms with van der Waals surface area (Å²) < 4.78 is 5.09. The predicted molar refractivity (Wildman–Crippen MR) is 93.0 cm³/mol. The third kappa shape index (κ3) is 2.78. The highest BCUT2D eigenvalue weighted by Gasteiger charge is 2.50. The van der Waals surface area contributed by atoms with Gasteiger partial charge in [-0.1, -0.05) is 27.2 Å². The smallest absolute Gasteiger partial charge is 0.336 e. The number of amides is 1. The molecule has 3 aliphatic rings. The molecule has 2 aliphatic heterocycles. The standard InChI is InChI=1S/C20H31NO3/c1-5-13(2)14(3)16-6-8-20(9-7-16)10-11-21(19(20)23)17-12-24-18(22)15(17)4/h13-14,16H,5-12H2,1-4H3. The predicted octanol–water partition coefficient (Wildman–Crippen LogP) is 3.91. The van der Waals surface area contributed by atoms with Crippen LogP contribution in [0.4, 0.5) is 0 Å². The number of hydrogen-bond donors (Lipinski definition) is 0. The Kier molecular flexibility index (Phi) is 4.76. The van der Waals surface area contributed by atoms with Crippen molar-refractivity contribution in [3.05, 3.63) is 11.3 Å². The molecular formula is C20H31NO3. The van der Waals surface area contributed by atoms with E-state index < -0.39 is 0 Å². The molecule has 2 atom stereocenters. The Morgan fingerprint density at radius 1 is 1.21 bits per heavy atom. The first-order valence-electron chi connectivity index (χ1n) is 9.58. The van der Waals surface area contributed by atoms with E-state index in [4.69, 9.17) is 4.74 Å². The van der Waals surface area contributed by atoms with Crippen LogP contribution in [-0.2, 0) is 14.3 Å². The fourth-order valence-electron chi connectivity index (χ4n) is 4.85. The summed E-state index contributed by atoms with van der Waals surface area (Å²) in [6.07, 6.45) is 6.51. The largest absolute Gasteiger partial charge is 0.456 e. The lowest BCUT2D eigenvalue weighted by molar-refractivity contribution is -0.138. The van der Waals surface area contributed by atoms with Crippen LogP contribution in [0.2, 0.25) is 0 Å². The molecule has 0 N–H and O–H groups in total. The van der Waals surface area contributed by atoms with Gasteiger partial charge in [0.25, 0.3) is 0 Å². The van der Waals surface area contributed by atoms with Crippen LogP contribution in [0.25, 0.3) is 0 Å². The highest BCUT2D eigenvalue weighted by atomic mass is 16.5. The quantitative estimate of drug-likeness (QED) is 0.733. The second kappa shape index (κ2) is 6.53. The summed E-state index contributed by atoms with van der Waals surface area (Å²) in [5.74, 6) is 2.22. The summed E-state index contributed by atoms with van der Waals surface area (Å²) in [5, 5.41) is 0. The summed E-state index contributed by atoms with van der Waals surface area (Å²) in [6.45, 7) is 9.78. The Bertz CT molecular complexity index is 557.